The van der Waals surface area contributed by atoms with Crippen LogP contribution in [0, 0.1) is 0 Å². The summed E-state index contributed by atoms with van der Waals surface area (Å²) in [5.41, 5.74) is 1.11. The number of para-hydroxylation sites is 1. The van der Waals surface area contributed by atoms with Gasteiger partial charge >= 0.3 is 6.09 Å². The molecule has 1 atom stereocenters. The first-order valence-electron chi connectivity index (χ1n) is 11.0. The Morgan fingerprint density at radius 2 is 1.97 bits per heavy atom. The van der Waals surface area contributed by atoms with Crippen molar-refractivity contribution in [2.24, 2.45) is 0 Å². The number of carbonyl (C=O) groups is 3. The molecule has 2 aliphatic rings. The number of fused-ring (bicyclic) bond motifs is 2. The van der Waals surface area contributed by atoms with Crippen LogP contribution in [-0.4, -0.2) is 56.4 Å². The molecule has 2 amide bonds. The zero-order chi connectivity index (χ0) is 24.0. The Morgan fingerprint density at radius 3 is 2.68 bits per heavy atom. The van der Waals surface area contributed by atoms with E-state index in [9.17, 15) is 19.5 Å². The molecule has 34 heavy (non-hydrogen) atoms. The molecule has 5 rings (SSSR count). The van der Waals surface area contributed by atoms with E-state index in [4.69, 9.17) is 4.74 Å². The summed E-state index contributed by atoms with van der Waals surface area (Å²) in [5, 5.41) is 17.3. The monoisotopic (exact) mass is 526 g/mol. The quantitative estimate of drug-likeness (QED) is 0.516. The lowest BCUT2D eigenvalue weighted by atomic mass is 9.80. The molecule has 0 aliphatic carbocycles. The van der Waals surface area contributed by atoms with Crippen molar-refractivity contribution in [3.05, 3.63) is 58.2 Å². The number of piperidine rings is 1. The summed E-state index contributed by atoms with van der Waals surface area (Å²) in [6.07, 6.45) is 2.22. The third-order valence-electron chi connectivity index (χ3n) is 6.63. The molecule has 1 saturated heterocycles. The molecule has 0 bridgehead atoms. The normalized spacial score (nSPS) is 18.9. The minimum Gasteiger partial charge on any atom is -0.487 e. The molecule has 176 valence electrons. The standard InChI is InChI=1S/C24H23BrN4O5/c1-14(30)29-21-15(13-26-29)3-2-4-17(21)22(31)27-19-12-24(7-9-28(10-8-24)23(32)33)34-20-6-5-16(25)11-18(19)20/h2-6,11,13,19H,7-10,12H2,1H3,(H,27,31)(H,32,33)/t19-/m0/s1. The summed E-state index contributed by atoms with van der Waals surface area (Å²) in [5.74, 6) is 0.0831. The topological polar surface area (TPSA) is 114 Å². The molecule has 0 saturated carbocycles. The fourth-order valence-corrected chi connectivity index (χ4v) is 5.30. The molecule has 3 heterocycles. The van der Waals surface area contributed by atoms with Gasteiger partial charge in [0.15, 0.2) is 0 Å². The van der Waals surface area contributed by atoms with E-state index in [0.717, 1.165) is 10.0 Å². The first-order valence-corrected chi connectivity index (χ1v) is 11.8. The van der Waals surface area contributed by atoms with Crippen LogP contribution in [0.1, 0.15) is 52.9 Å². The predicted molar refractivity (Wildman–Crippen MR) is 127 cm³/mol. The number of amides is 2. The summed E-state index contributed by atoms with van der Waals surface area (Å²) in [4.78, 5) is 38.3. The molecular formula is C24H23BrN4O5. The van der Waals surface area contributed by atoms with Gasteiger partial charge < -0.3 is 20.1 Å². The summed E-state index contributed by atoms with van der Waals surface area (Å²) >= 11 is 3.50. The second-order valence-electron chi connectivity index (χ2n) is 8.79. The number of hydrogen-bond donors (Lipinski definition) is 2. The van der Waals surface area contributed by atoms with Gasteiger partial charge in [-0.15, -0.1) is 0 Å². The van der Waals surface area contributed by atoms with Crippen molar-refractivity contribution in [1.82, 2.24) is 20.0 Å². The highest BCUT2D eigenvalue weighted by Crippen LogP contribution is 2.45. The minimum absolute atomic E-state index is 0.278. The number of hydrogen-bond acceptors (Lipinski definition) is 5. The van der Waals surface area contributed by atoms with E-state index >= 15 is 0 Å². The van der Waals surface area contributed by atoms with E-state index in [2.05, 4.69) is 26.3 Å². The molecule has 1 aromatic heterocycles. The Balaban J connectivity index is 1.48. The number of rotatable bonds is 2. The molecule has 0 radical (unpaired) electrons. The number of halogens is 1. The number of benzene rings is 2. The smallest absolute Gasteiger partial charge is 0.407 e. The molecule has 2 N–H and O–H groups in total. The number of nitrogens with one attached hydrogen (secondary N) is 1. The first-order chi connectivity index (χ1) is 16.3. The van der Waals surface area contributed by atoms with Crippen molar-refractivity contribution >= 4 is 44.7 Å². The van der Waals surface area contributed by atoms with Crippen LogP contribution < -0.4 is 10.1 Å². The second kappa shape index (κ2) is 8.43. The minimum atomic E-state index is -0.935. The highest BCUT2D eigenvalue weighted by Gasteiger charge is 2.44. The van der Waals surface area contributed by atoms with Crippen molar-refractivity contribution in [1.29, 1.82) is 0 Å². The van der Waals surface area contributed by atoms with E-state index in [0.29, 0.717) is 54.6 Å². The zero-order valence-electron chi connectivity index (χ0n) is 18.5. The Kier molecular flexibility index (Phi) is 5.55. The fourth-order valence-electron chi connectivity index (χ4n) is 4.92. The highest BCUT2D eigenvalue weighted by atomic mass is 79.9. The van der Waals surface area contributed by atoms with Crippen LogP contribution in [0.25, 0.3) is 10.9 Å². The van der Waals surface area contributed by atoms with Gasteiger partial charge in [0.1, 0.15) is 11.4 Å². The fraction of sp³-hybridized carbons (Fsp3) is 0.333. The average Bonchev–Trinajstić information content (AvgIpc) is 3.24. The van der Waals surface area contributed by atoms with Gasteiger partial charge in [0.05, 0.1) is 23.3 Å². The maximum Gasteiger partial charge on any atom is 0.407 e. The van der Waals surface area contributed by atoms with Crippen LogP contribution in [0.3, 0.4) is 0 Å². The average molecular weight is 527 g/mol. The largest absolute Gasteiger partial charge is 0.487 e. The molecule has 9 nitrogen and oxygen atoms in total. The summed E-state index contributed by atoms with van der Waals surface area (Å²) in [6.45, 7) is 2.15. The van der Waals surface area contributed by atoms with Crippen LogP contribution in [0.2, 0.25) is 0 Å². The van der Waals surface area contributed by atoms with Gasteiger partial charge in [-0.25, -0.2) is 4.79 Å². The van der Waals surface area contributed by atoms with Crippen molar-refractivity contribution in [3.8, 4) is 5.75 Å². The molecule has 2 aliphatic heterocycles. The molecule has 2 aromatic carbocycles. The van der Waals surface area contributed by atoms with Crippen molar-refractivity contribution in [2.75, 3.05) is 13.1 Å². The van der Waals surface area contributed by atoms with E-state index in [-0.39, 0.29) is 17.9 Å². The van der Waals surface area contributed by atoms with Gasteiger partial charge in [0, 0.05) is 54.7 Å². The SMILES string of the molecule is CC(=O)n1ncc2cccc(C(=O)N[C@H]3CC4(CCN(C(=O)O)CC4)Oc4ccc(Br)cc43)c21. The van der Waals surface area contributed by atoms with Crippen molar-refractivity contribution in [2.45, 2.75) is 37.8 Å². The molecule has 0 unspecified atom stereocenters. The van der Waals surface area contributed by atoms with Crippen LogP contribution in [0.15, 0.2) is 47.1 Å². The lowest BCUT2D eigenvalue weighted by Gasteiger charge is -2.46. The van der Waals surface area contributed by atoms with E-state index in [1.807, 2.05) is 24.3 Å². The Bertz CT molecular complexity index is 1310. The van der Waals surface area contributed by atoms with Gasteiger partial charge in [-0.1, -0.05) is 28.1 Å². The van der Waals surface area contributed by atoms with E-state index < -0.39 is 11.7 Å². The third kappa shape index (κ3) is 3.91. The molecule has 1 fully saturated rings. The van der Waals surface area contributed by atoms with Gasteiger partial charge in [-0.3, -0.25) is 9.59 Å². The van der Waals surface area contributed by atoms with E-state index in [1.54, 1.807) is 18.3 Å². The number of carboxylic acid groups (broad SMARTS) is 1. The van der Waals surface area contributed by atoms with Crippen LogP contribution >= 0.6 is 15.9 Å². The number of ether oxygens (including phenoxy) is 1. The zero-order valence-corrected chi connectivity index (χ0v) is 20.0. The summed E-state index contributed by atoms with van der Waals surface area (Å²) < 4.78 is 8.52. The number of aromatic nitrogens is 2. The second-order valence-corrected chi connectivity index (χ2v) is 9.70. The molecule has 3 aromatic rings. The van der Waals surface area contributed by atoms with Gasteiger partial charge in [0.2, 0.25) is 5.91 Å². The van der Waals surface area contributed by atoms with Crippen molar-refractivity contribution < 1.29 is 24.2 Å². The molecule has 1 spiro atoms. The molecular weight excluding hydrogens is 504 g/mol. The number of nitrogens with zero attached hydrogens (tertiary/aromatic N) is 3. The third-order valence-corrected chi connectivity index (χ3v) is 7.13. The van der Waals surface area contributed by atoms with Crippen LogP contribution in [0.5, 0.6) is 5.75 Å². The predicted octanol–water partition coefficient (Wildman–Crippen LogP) is 4.23. The maximum absolute atomic E-state index is 13.5. The Labute approximate surface area is 203 Å². The highest BCUT2D eigenvalue weighted by molar-refractivity contribution is 9.10. The Hall–Kier alpha value is -3.40. The first kappa shape index (κ1) is 22.4. The lowest BCUT2D eigenvalue weighted by Crippen LogP contribution is -2.53. The van der Waals surface area contributed by atoms with Crippen LogP contribution in [0.4, 0.5) is 4.79 Å². The number of likely N-dealkylation sites (tertiary alicyclic amines) is 1. The van der Waals surface area contributed by atoms with Gasteiger partial charge in [-0.05, 0) is 24.3 Å². The van der Waals surface area contributed by atoms with Gasteiger partial charge in [0.25, 0.3) is 5.91 Å². The number of carbonyl (C=O) groups excluding carboxylic acids is 2. The van der Waals surface area contributed by atoms with Gasteiger partial charge in [-0.2, -0.15) is 9.78 Å². The molecule has 10 heteroatoms. The summed E-state index contributed by atoms with van der Waals surface area (Å²) in [7, 11) is 0. The summed E-state index contributed by atoms with van der Waals surface area (Å²) in [6, 6.07) is 10.6. The van der Waals surface area contributed by atoms with Crippen molar-refractivity contribution in [3.63, 3.8) is 0 Å². The Morgan fingerprint density at radius 1 is 1.21 bits per heavy atom. The maximum atomic E-state index is 13.5. The van der Waals surface area contributed by atoms with E-state index in [1.165, 1.54) is 16.5 Å². The van der Waals surface area contributed by atoms with Crippen LogP contribution in [-0.2, 0) is 0 Å². The lowest BCUT2D eigenvalue weighted by molar-refractivity contribution is -0.0205.